The zero-order valence-electron chi connectivity index (χ0n) is 15.8. The number of nitrogens with zero attached hydrogens (tertiary/aromatic N) is 3. The van der Waals surface area contributed by atoms with Gasteiger partial charge in [-0.25, -0.2) is 4.68 Å². The molecule has 5 rings (SSSR count). The van der Waals surface area contributed by atoms with Gasteiger partial charge in [-0.05, 0) is 49.4 Å². The lowest BCUT2D eigenvalue weighted by atomic mass is 10.1. The Bertz CT molecular complexity index is 1310. The highest BCUT2D eigenvalue weighted by Gasteiger charge is 2.17. The SMILES string of the molecule is CCOc1ccc2ncc3c(-c4ccccc4)nn(-c4ccc(Br)cc4)c3c2c1. The Balaban J connectivity index is 1.87. The van der Waals surface area contributed by atoms with Gasteiger partial charge in [-0.3, -0.25) is 4.98 Å². The quantitative estimate of drug-likeness (QED) is 0.322. The third kappa shape index (κ3) is 3.17. The number of fused-ring (bicyclic) bond motifs is 3. The van der Waals surface area contributed by atoms with E-state index >= 15 is 0 Å². The van der Waals surface area contributed by atoms with Crippen LogP contribution in [0.3, 0.4) is 0 Å². The smallest absolute Gasteiger partial charge is 0.120 e. The van der Waals surface area contributed by atoms with Crippen molar-refractivity contribution in [1.29, 1.82) is 0 Å². The third-order valence-corrected chi connectivity index (χ3v) is 5.44. The molecule has 0 N–H and O–H groups in total. The van der Waals surface area contributed by atoms with Gasteiger partial charge in [0.15, 0.2) is 0 Å². The van der Waals surface area contributed by atoms with Gasteiger partial charge in [0.05, 0.1) is 23.3 Å². The van der Waals surface area contributed by atoms with Crippen molar-refractivity contribution in [3.63, 3.8) is 0 Å². The van der Waals surface area contributed by atoms with Crippen molar-refractivity contribution in [3.05, 3.63) is 83.5 Å². The summed E-state index contributed by atoms with van der Waals surface area (Å²) in [5.74, 6) is 0.833. The first-order valence-electron chi connectivity index (χ1n) is 9.50. The second-order valence-corrected chi connectivity index (χ2v) is 7.65. The van der Waals surface area contributed by atoms with Crippen LogP contribution in [0.2, 0.25) is 0 Å². The largest absolute Gasteiger partial charge is 0.494 e. The summed E-state index contributed by atoms with van der Waals surface area (Å²) < 4.78 is 8.79. The molecule has 142 valence electrons. The Morgan fingerprint density at radius 1 is 0.931 bits per heavy atom. The predicted molar refractivity (Wildman–Crippen MR) is 121 cm³/mol. The Labute approximate surface area is 176 Å². The Morgan fingerprint density at radius 3 is 2.48 bits per heavy atom. The van der Waals surface area contributed by atoms with Crippen molar-refractivity contribution < 1.29 is 4.74 Å². The van der Waals surface area contributed by atoms with Crippen LogP contribution in [-0.2, 0) is 0 Å². The van der Waals surface area contributed by atoms with Gasteiger partial charge in [-0.15, -0.1) is 0 Å². The molecule has 0 unspecified atom stereocenters. The van der Waals surface area contributed by atoms with Crippen LogP contribution >= 0.6 is 15.9 Å². The molecule has 0 fully saturated rings. The zero-order valence-corrected chi connectivity index (χ0v) is 17.4. The molecule has 0 aliphatic heterocycles. The van der Waals surface area contributed by atoms with Crippen LogP contribution in [0.15, 0.2) is 83.5 Å². The highest BCUT2D eigenvalue weighted by Crippen LogP contribution is 2.35. The molecule has 3 aromatic carbocycles. The van der Waals surface area contributed by atoms with Gasteiger partial charge in [0.1, 0.15) is 11.4 Å². The molecule has 0 amide bonds. The van der Waals surface area contributed by atoms with Crippen molar-refractivity contribution in [2.45, 2.75) is 6.92 Å². The maximum absolute atomic E-state index is 5.75. The summed E-state index contributed by atoms with van der Waals surface area (Å²) in [6, 6.07) is 24.4. The van der Waals surface area contributed by atoms with Gasteiger partial charge in [-0.2, -0.15) is 5.10 Å². The van der Waals surface area contributed by atoms with E-state index in [1.54, 1.807) is 0 Å². The van der Waals surface area contributed by atoms with Crippen LogP contribution in [0.4, 0.5) is 0 Å². The highest BCUT2D eigenvalue weighted by molar-refractivity contribution is 9.10. The summed E-state index contributed by atoms with van der Waals surface area (Å²) >= 11 is 3.52. The summed E-state index contributed by atoms with van der Waals surface area (Å²) in [7, 11) is 0. The molecule has 0 saturated carbocycles. The van der Waals surface area contributed by atoms with E-state index in [9.17, 15) is 0 Å². The number of pyridine rings is 1. The molecule has 2 heterocycles. The molecule has 2 aromatic heterocycles. The molecule has 0 atom stereocenters. The number of hydrogen-bond donors (Lipinski definition) is 0. The molecule has 0 bridgehead atoms. The number of halogens is 1. The van der Waals surface area contributed by atoms with E-state index in [1.807, 2.05) is 60.3 Å². The standard InChI is InChI=1S/C24H18BrN3O/c1-2-29-19-12-13-22-20(14-19)24-21(15-26-22)23(16-6-4-3-5-7-16)27-28(24)18-10-8-17(25)9-11-18/h3-15H,2H2,1H3. The van der Waals surface area contributed by atoms with Crippen LogP contribution in [-0.4, -0.2) is 21.4 Å². The minimum atomic E-state index is 0.621. The molecular formula is C24H18BrN3O. The second-order valence-electron chi connectivity index (χ2n) is 6.74. The lowest BCUT2D eigenvalue weighted by molar-refractivity contribution is 0.341. The Hall–Kier alpha value is -3.18. The minimum absolute atomic E-state index is 0.621. The summed E-state index contributed by atoms with van der Waals surface area (Å²) in [4.78, 5) is 4.70. The normalized spacial score (nSPS) is 11.2. The molecule has 4 nitrogen and oxygen atoms in total. The van der Waals surface area contributed by atoms with E-state index in [2.05, 4.69) is 46.3 Å². The molecule has 0 aliphatic carbocycles. The van der Waals surface area contributed by atoms with Crippen LogP contribution in [0.5, 0.6) is 5.75 Å². The zero-order chi connectivity index (χ0) is 19.8. The minimum Gasteiger partial charge on any atom is -0.494 e. The molecule has 0 aliphatic rings. The lowest BCUT2D eigenvalue weighted by Crippen LogP contribution is -1.97. The second kappa shape index (κ2) is 7.33. The average molecular weight is 444 g/mol. The molecule has 0 saturated heterocycles. The molecular weight excluding hydrogens is 426 g/mol. The summed E-state index contributed by atoms with van der Waals surface area (Å²) in [5, 5.41) is 7.04. The van der Waals surface area contributed by atoms with E-state index in [0.29, 0.717) is 6.61 Å². The molecule has 5 heteroatoms. The number of aromatic nitrogens is 3. The van der Waals surface area contributed by atoms with E-state index in [0.717, 1.165) is 49.0 Å². The van der Waals surface area contributed by atoms with Crippen LogP contribution in [0, 0.1) is 0 Å². The number of benzene rings is 3. The maximum Gasteiger partial charge on any atom is 0.120 e. The average Bonchev–Trinajstić information content (AvgIpc) is 3.15. The third-order valence-electron chi connectivity index (χ3n) is 4.91. The van der Waals surface area contributed by atoms with Gasteiger partial charge in [-0.1, -0.05) is 46.3 Å². The van der Waals surface area contributed by atoms with Gasteiger partial charge in [0, 0.05) is 27.0 Å². The summed E-state index contributed by atoms with van der Waals surface area (Å²) in [6.45, 7) is 2.61. The van der Waals surface area contributed by atoms with E-state index < -0.39 is 0 Å². The monoisotopic (exact) mass is 443 g/mol. The fourth-order valence-electron chi connectivity index (χ4n) is 3.60. The summed E-state index contributed by atoms with van der Waals surface area (Å²) in [5.41, 5.74) is 4.92. The summed E-state index contributed by atoms with van der Waals surface area (Å²) in [6.07, 6.45) is 1.92. The topological polar surface area (TPSA) is 39.9 Å². The van der Waals surface area contributed by atoms with Gasteiger partial charge < -0.3 is 4.74 Å². The fourth-order valence-corrected chi connectivity index (χ4v) is 3.86. The first-order chi connectivity index (χ1) is 14.2. The van der Waals surface area contributed by atoms with Crippen LogP contribution < -0.4 is 4.74 Å². The molecule has 29 heavy (non-hydrogen) atoms. The van der Waals surface area contributed by atoms with Gasteiger partial charge >= 0.3 is 0 Å². The number of hydrogen-bond acceptors (Lipinski definition) is 3. The van der Waals surface area contributed by atoms with E-state index in [4.69, 9.17) is 14.8 Å². The van der Waals surface area contributed by atoms with Crippen molar-refractivity contribution in [1.82, 2.24) is 14.8 Å². The Kier molecular flexibility index (Phi) is 4.52. The number of ether oxygens (including phenoxy) is 1. The van der Waals surface area contributed by atoms with Gasteiger partial charge in [0.2, 0.25) is 0 Å². The Morgan fingerprint density at radius 2 is 1.72 bits per heavy atom. The molecule has 5 aromatic rings. The first-order valence-corrected chi connectivity index (χ1v) is 10.3. The van der Waals surface area contributed by atoms with Gasteiger partial charge in [0.25, 0.3) is 0 Å². The van der Waals surface area contributed by atoms with Crippen LogP contribution in [0.1, 0.15) is 6.92 Å². The highest BCUT2D eigenvalue weighted by atomic mass is 79.9. The first kappa shape index (κ1) is 17.9. The van der Waals surface area contributed by atoms with E-state index in [1.165, 1.54) is 0 Å². The van der Waals surface area contributed by atoms with Crippen molar-refractivity contribution >= 4 is 37.7 Å². The predicted octanol–water partition coefficient (Wildman–Crippen LogP) is 6.40. The van der Waals surface area contributed by atoms with Crippen LogP contribution in [0.25, 0.3) is 38.8 Å². The lowest BCUT2D eigenvalue weighted by Gasteiger charge is -2.08. The molecule has 0 radical (unpaired) electrons. The van der Waals surface area contributed by atoms with Crippen molar-refractivity contribution in [2.24, 2.45) is 0 Å². The van der Waals surface area contributed by atoms with Crippen molar-refractivity contribution in [3.8, 4) is 22.7 Å². The molecule has 0 spiro atoms. The number of rotatable bonds is 4. The fraction of sp³-hybridized carbons (Fsp3) is 0.0833. The maximum atomic E-state index is 5.75. The van der Waals surface area contributed by atoms with Crippen molar-refractivity contribution in [2.75, 3.05) is 6.61 Å². The van der Waals surface area contributed by atoms with E-state index in [-0.39, 0.29) is 0 Å².